The second kappa shape index (κ2) is 14.2. The Labute approximate surface area is 228 Å². The standard InChI is InChI=1S/C25H25BrFN5O2S.ClH/c1-2-33-23-15-19(14-22(26)24(23)34-17-18-8-10-20(27)11-9-18)16-28-12-13-35-25-29-30-31-32(25)21-6-4-3-5-7-21;/h3-11,14-15,28H,2,12-13,16-17H2,1H3;1H. The average Bonchev–Trinajstić information content (AvgIpc) is 3.34. The van der Waals surface area contributed by atoms with Gasteiger partial charge >= 0.3 is 0 Å². The van der Waals surface area contributed by atoms with Crippen LogP contribution < -0.4 is 14.8 Å². The highest BCUT2D eigenvalue weighted by atomic mass is 79.9. The summed E-state index contributed by atoms with van der Waals surface area (Å²) in [5.41, 5.74) is 2.87. The van der Waals surface area contributed by atoms with Crippen LogP contribution in [0.15, 0.2) is 76.4 Å². The molecule has 0 saturated carbocycles. The summed E-state index contributed by atoms with van der Waals surface area (Å²) in [5, 5.41) is 16.2. The third-order valence-corrected chi connectivity index (χ3v) is 6.46. The highest BCUT2D eigenvalue weighted by Crippen LogP contribution is 2.37. The monoisotopic (exact) mass is 593 g/mol. The summed E-state index contributed by atoms with van der Waals surface area (Å²) in [7, 11) is 0. The Morgan fingerprint density at radius 3 is 2.56 bits per heavy atom. The van der Waals surface area contributed by atoms with Crippen molar-refractivity contribution in [2.75, 3.05) is 18.9 Å². The molecule has 190 valence electrons. The van der Waals surface area contributed by atoms with Crippen LogP contribution in [0.25, 0.3) is 5.69 Å². The molecule has 11 heteroatoms. The van der Waals surface area contributed by atoms with Crippen LogP contribution in [-0.2, 0) is 13.2 Å². The zero-order valence-corrected chi connectivity index (χ0v) is 22.8. The smallest absolute Gasteiger partial charge is 0.214 e. The third-order valence-electron chi connectivity index (χ3n) is 4.95. The molecule has 4 aromatic rings. The number of hydrogen-bond donors (Lipinski definition) is 1. The van der Waals surface area contributed by atoms with Crippen molar-refractivity contribution in [2.45, 2.75) is 25.2 Å². The summed E-state index contributed by atoms with van der Waals surface area (Å²) in [5.74, 6) is 1.83. The molecular formula is C25H26BrClFN5O2S. The molecule has 1 N–H and O–H groups in total. The maximum Gasteiger partial charge on any atom is 0.214 e. The summed E-state index contributed by atoms with van der Waals surface area (Å²) < 4.78 is 27.5. The van der Waals surface area contributed by atoms with Gasteiger partial charge in [-0.3, -0.25) is 0 Å². The van der Waals surface area contributed by atoms with Crippen molar-refractivity contribution < 1.29 is 13.9 Å². The van der Waals surface area contributed by atoms with Crippen LogP contribution in [0.1, 0.15) is 18.1 Å². The molecule has 1 aromatic heterocycles. The first-order valence-electron chi connectivity index (χ1n) is 11.1. The summed E-state index contributed by atoms with van der Waals surface area (Å²) in [6.45, 7) is 4.21. The fourth-order valence-corrected chi connectivity index (χ4v) is 4.70. The molecule has 0 aliphatic rings. The van der Waals surface area contributed by atoms with Gasteiger partial charge in [0.1, 0.15) is 12.4 Å². The van der Waals surface area contributed by atoms with Crippen molar-refractivity contribution in [3.63, 3.8) is 0 Å². The molecule has 36 heavy (non-hydrogen) atoms. The molecule has 3 aromatic carbocycles. The second-order valence-electron chi connectivity index (χ2n) is 7.49. The van der Waals surface area contributed by atoms with Crippen LogP contribution in [0.4, 0.5) is 4.39 Å². The highest BCUT2D eigenvalue weighted by molar-refractivity contribution is 9.10. The summed E-state index contributed by atoms with van der Waals surface area (Å²) in [4.78, 5) is 0. The van der Waals surface area contributed by atoms with Gasteiger partial charge in [-0.25, -0.2) is 4.39 Å². The minimum atomic E-state index is -0.269. The number of ether oxygens (including phenoxy) is 2. The number of para-hydroxylation sites is 1. The molecule has 4 rings (SSSR count). The quantitative estimate of drug-likeness (QED) is 0.163. The second-order valence-corrected chi connectivity index (χ2v) is 9.40. The minimum absolute atomic E-state index is 0. The highest BCUT2D eigenvalue weighted by Gasteiger charge is 2.13. The Kier molecular flexibility index (Phi) is 11.0. The molecule has 0 radical (unpaired) electrons. The summed E-state index contributed by atoms with van der Waals surface area (Å²) in [6, 6.07) is 20.1. The van der Waals surface area contributed by atoms with Gasteiger partial charge in [-0.15, -0.1) is 17.5 Å². The van der Waals surface area contributed by atoms with E-state index in [0.717, 1.165) is 38.7 Å². The number of benzene rings is 3. The first kappa shape index (κ1) is 27.9. The van der Waals surface area contributed by atoms with Gasteiger partial charge in [-0.05, 0) is 80.8 Å². The van der Waals surface area contributed by atoms with E-state index >= 15 is 0 Å². The number of tetrazole rings is 1. The Bertz CT molecular complexity index is 1230. The lowest BCUT2D eigenvalue weighted by Crippen LogP contribution is -2.17. The van der Waals surface area contributed by atoms with Crippen molar-refractivity contribution in [1.82, 2.24) is 25.5 Å². The molecular weight excluding hydrogens is 569 g/mol. The van der Waals surface area contributed by atoms with Gasteiger partial charge in [-0.2, -0.15) is 4.68 Å². The summed E-state index contributed by atoms with van der Waals surface area (Å²) >= 11 is 5.20. The Morgan fingerprint density at radius 2 is 1.81 bits per heavy atom. The SMILES string of the molecule is CCOc1cc(CNCCSc2nnnn2-c2ccccc2)cc(Br)c1OCc1ccc(F)cc1.Cl. The van der Waals surface area contributed by atoms with E-state index in [4.69, 9.17) is 9.47 Å². The fourth-order valence-electron chi connectivity index (χ4n) is 3.31. The normalized spacial score (nSPS) is 10.6. The van der Waals surface area contributed by atoms with Crippen molar-refractivity contribution in [1.29, 1.82) is 0 Å². The number of rotatable bonds is 12. The zero-order valence-electron chi connectivity index (χ0n) is 19.6. The summed E-state index contributed by atoms with van der Waals surface area (Å²) in [6.07, 6.45) is 0. The number of halogens is 3. The van der Waals surface area contributed by atoms with E-state index < -0.39 is 0 Å². The maximum absolute atomic E-state index is 13.1. The first-order chi connectivity index (χ1) is 17.1. The van der Waals surface area contributed by atoms with Crippen LogP contribution in [-0.4, -0.2) is 39.1 Å². The van der Waals surface area contributed by atoms with Crippen LogP contribution in [0.5, 0.6) is 11.5 Å². The molecule has 0 unspecified atom stereocenters. The number of nitrogens with zero attached hydrogens (tertiary/aromatic N) is 4. The van der Waals surface area contributed by atoms with Gasteiger partial charge in [-0.1, -0.05) is 42.1 Å². The van der Waals surface area contributed by atoms with Crippen LogP contribution in [0, 0.1) is 5.82 Å². The molecule has 0 atom stereocenters. The van der Waals surface area contributed by atoms with Gasteiger partial charge in [0.05, 0.1) is 16.8 Å². The van der Waals surface area contributed by atoms with Crippen molar-refractivity contribution in [3.8, 4) is 17.2 Å². The third kappa shape index (κ3) is 7.67. The van der Waals surface area contributed by atoms with E-state index in [9.17, 15) is 4.39 Å². The zero-order chi connectivity index (χ0) is 24.5. The number of nitrogens with one attached hydrogen (secondary N) is 1. The molecule has 0 spiro atoms. The van der Waals surface area contributed by atoms with E-state index in [2.05, 4.69) is 36.8 Å². The largest absolute Gasteiger partial charge is 0.490 e. The van der Waals surface area contributed by atoms with Crippen molar-refractivity contribution in [2.24, 2.45) is 0 Å². The van der Waals surface area contributed by atoms with E-state index in [1.165, 1.54) is 12.1 Å². The number of aromatic nitrogens is 4. The van der Waals surface area contributed by atoms with E-state index in [0.29, 0.717) is 31.3 Å². The van der Waals surface area contributed by atoms with Crippen LogP contribution in [0.2, 0.25) is 0 Å². The molecule has 0 aliphatic carbocycles. The van der Waals surface area contributed by atoms with Crippen molar-refractivity contribution in [3.05, 3.63) is 88.1 Å². The molecule has 0 fully saturated rings. The Morgan fingerprint density at radius 1 is 1.03 bits per heavy atom. The molecule has 0 aliphatic heterocycles. The predicted molar refractivity (Wildman–Crippen MR) is 145 cm³/mol. The van der Waals surface area contributed by atoms with Gasteiger partial charge in [0, 0.05) is 18.8 Å². The molecule has 0 saturated heterocycles. The minimum Gasteiger partial charge on any atom is -0.490 e. The van der Waals surface area contributed by atoms with E-state index in [1.807, 2.05) is 49.4 Å². The molecule has 7 nitrogen and oxygen atoms in total. The molecule has 0 bridgehead atoms. The van der Waals surface area contributed by atoms with Crippen LogP contribution in [0.3, 0.4) is 0 Å². The fraction of sp³-hybridized carbons (Fsp3) is 0.240. The van der Waals surface area contributed by atoms with Gasteiger partial charge in [0.15, 0.2) is 11.5 Å². The predicted octanol–water partition coefficient (Wildman–Crippen LogP) is 5.85. The lowest BCUT2D eigenvalue weighted by Gasteiger charge is -2.16. The lowest BCUT2D eigenvalue weighted by atomic mass is 10.2. The van der Waals surface area contributed by atoms with E-state index in [1.54, 1.807) is 28.6 Å². The molecule has 0 amide bonds. The topological polar surface area (TPSA) is 74.1 Å². The Balaban J connectivity index is 0.00000361. The lowest BCUT2D eigenvalue weighted by molar-refractivity contribution is 0.267. The average molecular weight is 595 g/mol. The number of thioether (sulfide) groups is 1. The maximum atomic E-state index is 13.1. The van der Waals surface area contributed by atoms with Gasteiger partial charge in [0.25, 0.3) is 0 Å². The first-order valence-corrected chi connectivity index (χ1v) is 12.9. The molecule has 1 heterocycles. The van der Waals surface area contributed by atoms with Crippen LogP contribution >= 0.6 is 40.1 Å². The van der Waals surface area contributed by atoms with Gasteiger partial charge < -0.3 is 14.8 Å². The van der Waals surface area contributed by atoms with Crippen molar-refractivity contribution >= 4 is 40.1 Å². The van der Waals surface area contributed by atoms with Gasteiger partial charge in [0.2, 0.25) is 5.16 Å². The number of hydrogen-bond acceptors (Lipinski definition) is 7. The Hall–Kier alpha value is -2.66. The van der Waals surface area contributed by atoms with E-state index in [-0.39, 0.29) is 18.2 Å².